The molecule has 0 amide bonds. The van der Waals surface area contributed by atoms with Crippen molar-refractivity contribution in [3.63, 3.8) is 0 Å². The normalized spacial score (nSPS) is 24.4. The Bertz CT molecular complexity index is 183. The third-order valence-electron chi connectivity index (χ3n) is 2.48. The molecule has 5 heteroatoms. The summed E-state index contributed by atoms with van der Waals surface area (Å²) in [6.45, 7) is 2.83. The average molecular weight is 201 g/mol. The monoisotopic (exact) mass is 201 g/mol. The van der Waals surface area contributed by atoms with E-state index in [-0.39, 0.29) is 5.82 Å². The number of nitrogens with one attached hydrogen (secondary N) is 1. The first-order valence-electron chi connectivity index (χ1n) is 4.73. The lowest BCUT2D eigenvalue weighted by Crippen LogP contribution is -2.32. The molecule has 74 valence electrons. The number of rotatable bonds is 4. The summed E-state index contributed by atoms with van der Waals surface area (Å²) in [5, 5.41) is 21.1. The van der Waals surface area contributed by atoms with E-state index in [0.29, 0.717) is 12.5 Å². The molecule has 0 aromatic rings. The summed E-state index contributed by atoms with van der Waals surface area (Å²) in [5.41, 5.74) is 0. The van der Waals surface area contributed by atoms with E-state index < -0.39 is 7.12 Å². The van der Waals surface area contributed by atoms with E-state index in [1.807, 2.05) is 0 Å². The molecule has 1 rings (SSSR count). The molecule has 13 heavy (non-hydrogen) atoms. The molecule has 1 saturated heterocycles. The van der Waals surface area contributed by atoms with Gasteiger partial charge in [-0.1, -0.05) is 19.1 Å². The third-order valence-corrected chi connectivity index (χ3v) is 2.93. The molecule has 1 aliphatic rings. The fraction of sp³-hybridized carbons (Fsp3) is 0.875. The van der Waals surface area contributed by atoms with Crippen LogP contribution in [0, 0.1) is 0 Å². The Hall–Kier alpha value is 0.0349. The second-order valence-electron chi connectivity index (χ2n) is 3.71. The van der Waals surface area contributed by atoms with E-state index in [2.05, 4.69) is 5.32 Å². The summed E-state index contributed by atoms with van der Waals surface area (Å²) in [7, 11) is -1.25. The maximum absolute atomic E-state index is 8.89. The summed E-state index contributed by atoms with van der Waals surface area (Å²) >= 11 is 5.22. The van der Waals surface area contributed by atoms with Gasteiger partial charge >= 0.3 is 7.12 Å². The minimum atomic E-state index is -1.25. The van der Waals surface area contributed by atoms with Gasteiger partial charge in [0, 0.05) is 10.9 Å². The SMILES string of the molecule is C[C@H](CC(=S)[C@@H]1CCCN1)B(O)O. The van der Waals surface area contributed by atoms with Gasteiger partial charge in [-0.2, -0.15) is 0 Å². The minimum Gasteiger partial charge on any atom is -0.427 e. The van der Waals surface area contributed by atoms with E-state index in [9.17, 15) is 0 Å². The predicted octanol–water partition coefficient (Wildman–Crippen LogP) is 0.361. The van der Waals surface area contributed by atoms with Crippen molar-refractivity contribution < 1.29 is 10.0 Å². The molecule has 3 N–H and O–H groups in total. The molecule has 0 spiro atoms. The van der Waals surface area contributed by atoms with Crippen LogP contribution in [0.1, 0.15) is 26.2 Å². The summed E-state index contributed by atoms with van der Waals surface area (Å²) < 4.78 is 0. The zero-order valence-corrected chi connectivity index (χ0v) is 8.68. The van der Waals surface area contributed by atoms with Gasteiger partial charge in [0.05, 0.1) is 0 Å². The Balaban J connectivity index is 2.31. The van der Waals surface area contributed by atoms with Crippen LogP contribution >= 0.6 is 12.2 Å². The molecule has 2 atom stereocenters. The van der Waals surface area contributed by atoms with E-state index in [1.54, 1.807) is 6.92 Å². The molecule has 0 radical (unpaired) electrons. The van der Waals surface area contributed by atoms with Crippen molar-refractivity contribution in [1.29, 1.82) is 0 Å². The van der Waals surface area contributed by atoms with Gasteiger partial charge in [0.15, 0.2) is 0 Å². The van der Waals surface area contributed by atoms with E-state index in [0.717, 1.165) is 17.8 Å². The predicted molar refractivity (Wildman–Crippen MR) is 57.9 cm³/mol. The minimum absolute atomic E-state index is 0.158. The second-order valence-corrected chi connectivity index (χ2v) is 4.23. The standard InChI is InChI=1S/C8H16BNO2S/c1-6(9(11)12)5-8(13)7-3-2-4-10-7/h6-7,10-12H,2-5H2,1H3/t6-,7+/m1/s1. The van der Waals surface area contributed by atoms with Crippen LogP contribution in [-0.2, 0) is 0 Å². The van der Waals surface area contributed by atoms with Gasteiger partial charge in [-0.15, -0.1) is 0 Å². The van der Waals surface area contributed by atoms with Gasteiger partial charge in [-0.3, -0.25) is 0 Å². The Morgan fingerprint density at radius 1 is 1.69 bits per heavy atom. The number of hydrogen-bond donors (Lipinski definition) is 3. The molecular formula is C8H16BNO2S. The van der Waals surface area contributed by atoms with Gasteiger partial charge in [-0.25, -0.2) is 0 Å². The number of hydrogen-bond acceptors (Lipinski definition) is 4. The maximum Gasteiger partial charge on any atom is 0.454 e. The highest BCUT2D eigenvalue weighted by Gasteiger charge is 2.24. The lowest BCUT2D eigenvalue weighted by molar-refractivity contribution is 0.389. The fourth-order valence-corrected chi connectivity index (χ4v) is 1.99. The Labute approximate surface area is 84.7 Å². The average Bonchev–Trinajstić information content (AvgIpc) is 2.55. The largest absolute Gasteiger partial charge is 0.454 e. The van der Waals surface area contributed by atoms with Crippen LogP contribution in [0.15, 0.2) is 0 Å². The zero-order valence-electron chi connectivity index (χ0n) is 7.86. The lowest BCUT2D eigenvalue weighted by Gasteiger charge is -2.15. The van der Waals surface area contributed by atoms with Crippen LogP contribution in [0.3, 0.4) is 0 Å². The highest BCUT2D eigenvalue weighted by Crippen LogP contribution is 2.17. The van der Waals surface area contributed by atoms with Gasteiger partial charge < -0.3 is 15.4 Å². The molecule has 3 nitrogen and oxygen atoms in total. The molecule has 1 fully saturated rings. The lowest BCUT2D eigenvalue weighted by atomic mass is 9.71. The topological polar surface area (TPSA) is 52.5 Å². The van der Waals surface area contributed by atoms with E-state index in [4.69, 9.17) is 22.3 Å². The Kier molecular flexibility index (Phi) is 4.32. The molecule has 0 aromatic heterocycles. The molecule has 0 saturated carbocycles. The first-order chi connectivity index (χ1) is 6.11. The molecular weight excluding hydrogens is 185 g/mol. The molecule has 0 unspecified atom stereocenters. The van der Waals surface area contributed by atoms with Crippen LogP contribution in [0.25, 0.3) is 0 Å². The highest BCUT2D eigenvalue weighted by molar-refractivity contribution is 7.80. The van der Waals surface area contributed by atoms with E-state index >= 15 is 0 Å². The maximum atomic E-state index is 8.89. The van der Waals surface area contributed by atoms with Crippen molar-refractivity contribution >= 4 is 24.2 Å². The highest BCUT2D eigenvalue weighted by atomic mass is 32.1. The van der Waals surface area contributed by atoms with Crippen molar-refractivity contribution in [2.24, 2.45) is 0 Å². The van der Waals surface area contributed by atoms with Crippen molar-refractivity contribution in [3.05, 3.63) is 0 Å². The molecule has 0 bridgehead atoms. The zero-order chi connectivity index (χ0) is 9.84. The third kappa shape index (κ3) is 3.34. The van der Waals surface area contributed by atoms with Crippen LogP contribution in [0.2, 0.25) is 5.82 Å². The van der Waals surface area contributed by atoms with Gasteiger partial charge in [0.1, 0.15) is 0 Å². The van der Waals surface area contributed by atoms with Crippen molar-refractivity contribution in [2.75, 3.05) is 6.54 Å². The quantitative estimate of drug-likeness (QED) is 0.454. The van der Waals surface area contributed by atoms with Crippen LogP contribution < -0.4 is 5.32 Å². The van der Waals surface area contributed by atoms with Gasteiger partial charge in [-0.05, 0) is 31.6 Å². The molecule has 1 aliphatic heterocycles. The molecule has 0 aromatic carbocycles. The second kappa shape index (κ2) is 5.05. The van der Waals surface area contributed by atoms with Gasteiger partial charge in [0.25, 0.3) is 0 Å². The number of thiocarbonyl (C=S) groups is 1. The fourth-order valence-electron chi connectivity index (χ4n) is 1.52. The Morgan fingerprint density at radius 3 is 2.85 bits per heavy atom. The summed E-state index contributed by atoms with van der Waals surface area (Å²) in [6, 6.07) is 0.316. The Morgan fingerprint density at radius 2 is 2.38 bits per heavy atom. The molecule has 1 heterocycles. The first-order valence-corrected chi connectivity index (χ1v) is 5.14. The first kappa shape index (κ1) is 11.1. The van der Waals surface area contributed by atoms with Crippen molar-refractivity contribution in [3.8, 4) is 0 Å². The van der Waals surface area contributed by atoms with Crippen molar-refractivity contribution in [2.45, 2.75) is 38.0 Å². The summed E-state index contributed by atoms with van der Waals surface area (Å²) in [4.78, 5) is 0.929. The van der Waals surface area contributed by atoms with Crippen LogP contribution in [-0.4, -0.2) is 34.6 Å². The van der Waals surface area contributed by atoms with Crippen LogP contribution in [0.5, 0.6) is 0 Å². The van der Waals surface area contributed by atoms with E-state index in [1.165, 1.54) is 6.42 Å². The summed E-state index contributed by atoms with van der Waals surface area (Å²) in [5.74, 6) is -0.158. The smallest absolute Gasteiger partial charge is 0.427 e. The van der Waals surface area contributed by atoms with Gasteiger partial charge in [0.2, 0.25) is 0 Å². The summed E-state index contributed by atoms with van der Waals surface area (Å²) in [6.07, 6.45) is 2.87. The van der Waals surface area contributed by atoms with Crippen molar-refractivity contribution in [1.82, 2.24) is 5.32 Å². The van der Waals surface area contributed by atoms with Crippen LogP contribution in [0.4, 0.5) is 0 Å². The molecule has 0 aliphatic carbocycles.